The zero-order valence-corrected chi connectivity index (χ0v) is 10.0. The van der Waals surface area contributed by atoms with Gasteiger partial charge < -0.3 is 5.73 Å². The molecular formula is C15H16N2. The number of hydrogen-bond donors (Lipinski definition) is 1. The van der Waals surface area contributed by atoms with Gasteiger partial charge in [0.15, 0.2) is 0 Å². The number of benzene rings is 1. The van der Waals surface area contributed by atoms with Gasteiger partial charge in [-0.1, -0.05) is 18.2 Å². The van der Waals surface area contributed by atoms with Crippen LogP contribution in [-0.4, -0.2) is 4.98 Å². The summed E-state index contributed by atoms with van der Waals surface area (Å²) in [6, 6.07) is 10.7. The maximum Gasteiger partial charge on any atom is 0.123 e. The van der Waals surface area contributed by atoms with Crippen molar-refractivity contribution in [1.29, 1.82) is 0 Å². The van der Waals surface area contributed by atoms with Gasteiger partial charge in [-0.3, -0.25) is 0 Å². The Kier molecular flexibility index (Phi) is 2.36. The van der Waals surface area contributed by atoms with Crippen LogP contribution in [0.2, 0.25) is 0 Å². The first-order valence-corrected chi connectivity index (χ1v) is 6.09. The molecule has 0 saturated carbocycles. The number of aromatic nitrogens is 1. The third-order valence-electron chi connectivity index (χ3n) is 3.52. The number of pyridine rings is 1. The van der Waals surface area contributed by atoms with Crippen molar-refractivity contribution in [3.63, 3.8) is 0 Å². The number of fused-ring (bicyclic) bond motifs is 1. The number of anilines is 1. The topological polar surface area (TPSA) is 38.9 Å². The summed E-state index contributed by atoms with van der Waals surface area (Å²) in [7, 11) is 0. The van der Waals surface area contributed by atoms with Gasteiger partial charge in [-0.15, -0.1) is 0 Å². The first-order chi connectivity index (χ1) is 8.24. The molecule has 3 rings (SSSR count). The normalized spacial score (nSPS) is 13.7. The smallest absolute Gasteiger partial charge is 0.123 e. The van der Waals surface area contributed by atoms with Crippen LogP contribution in [0.5, 0.6) is 0 Å². The first-order valence-electron chi connectivity index (χ1n) is 6.09. The second-order valence-electron chi connectivity index (χ2n) is 4.71. The third-order valence-corrected chi connectivity index (χ3v) is 3.52. The summed E-state index contributed by atoms with van der Waals surface area (Å²) < 4.78 is 0. The van der Waals surface area contributed by atoms with Gasteiger partial charge in [-0.05, 0) is 55.0 Å². The molecule has 0 atom stereocenters. The summed E-state index contributed by atoms with van der Waals surface area (Å²) in [6.07, 6.45) is 3.73. The van der Waals surface area contributed by atoms with Crippen LogP contribution >= 0.6 is 0 Å². The molecule has 1 aromatic heterocycles. The van der Waals surface area contributed by atoms with Crippen LogP contribution in [0.1, 0.15) is 23.2 Å². The van der Waals surface area contributed by atoms with E-state index in [1.165, 1.54) is 41.5 Å². The average Bonchev–Trinajstić information content (AvgIpc) is 2.75. The average molecular weight is 224 g/mol. The Labute approximate surface area is 102 Å². The van der Waals surface area contributed by atoms with Crippen LogP contribution in [0.25, 0.3) is 11.1 Å². The number of rotatable bonds is 1. The van der Waals surface area contributed by atoms with Gasteiger partial charge in [-0.2, -0.15) is 0 Å². The van der Waals surface area contributed by atoms with Gasteiger partial charge >= 0.3 is 0 Å². The lowest BCUT2D eigenvalue weighted by Gasteiger charge is -2.08. The predicted molar refractivity (Wildman–Crippen MR) is 70.8 cm³/mol. The molecule has 0 amide bonds. The van der Waals surface area contributed by atoms with Crippen LogP contribution in [0.4, 0.5) is 5.82 Å². The Hall–Kier alpha value is -1.83. The van der Waals surface area contributed by atoms with Crippen LogP contribution in [0, 0.1) is 6.92 Å². The number of hydrogen-bond acceptors (Lipinski definition) is 2. The number of nitrogen functional groups attached to an aromatic ring is 1. The molecule has 86 valence electrons. The monoisotopic (exact) mass is 224 g/mol. The zero-order valence-electron chi connectivity index (χ0n) is 10.0. The van der Waals surface area contributed by atoms with E-state index >= 15 is 0 Å². The Balaban J connectivity index is 2.09. The quantitative estimate of drug-likeness (QED) is 0.808. The van der Waals surface area contributed by atoms with Gasteiger partial charge in [0.05, 0.1) is 0 Å². The highest BCUT2D eigenvalue weighted by atomic mass is 14.8. The van der Waals surface area contributed by atoms with E-state index in [0.717, 1.165) is 5.69 Å². The Morgan fingerprint density at radius 2 is 1.88 bits per heavy atom. The lowest BCUT2D eigenvalue weighted by atomic mass is 10.00. The summed E-state index contributed by atoms with van der Waals surface area (Å²) in [5.74, 6) is 0.590. The van der Waals surface area contributed by atoms with Crippen molar-refractivity contribution in [3.8, 4) is 11.1 Å². The minimum absolute atomic E-state index is 0.590. The first kappa shape index (κ1) is 10.3. The van der Waals surface area contributed by atoms with E-state index < -0.39 is 0 Å². The van der Waals surface area contributed by atoms with E-state index in [0.29, 0.717) is 5.82 Å². The molecule has 1 aromatic carbocycles. The molecule has 1 aliphatic carbocycles. The molecule has 0 fully saturated rings. The van der Waals surface area contributed by atoms with Crippen molar-refractivity contribution < 1.29 is 0 Å². The number of nitrogens with two attached hydrogens (primary N) is 1. The van der Waals surface area contributed by atoms with E-state index in [-0.39, 0.29) is 0 Å². The van der Waals surface area contributed by atoms with E-state index in [2.05, 4.69) is 29.2 Å². The fraction of sp³-hybridized carbons (Fsp3) is 0.267. The Bertz CT molecular complexity index is 573. The SMILES string of the molecule is Cc1nc(N)ccc1-c1ccc2c(c1)CCC2. The molecule has 0 aliphatic heterocycles. The largest absolute Gasteiger partial charge is 0.384 e. The highest BCUT2D eigenvalue weighted by Crippen LogP contribution is 2.29. The zero-order chi connectivity index (χ0) is 11.8. The molecule has 2 nitrogen and oxygen atoms in total. The summed E-state index contributed by atoms with van der Waals surface area (Å²) in [6.45, 7) is 2.01. The van der Waals surface area contributed by atoms with Gasteiger partial charge in [0.2, 0.25) is 0 Å². The molecule has 1 heterocycles. The van der Waals surface area contributed by atoms with Crippen LogP contribution in [-0.2, 0) is 12.8 Å². The molecule has 2 N–H and O–H groups in total. The molecule has 0 bridgehead atoms. The molecule has 0 spiro atoms. The Morgan fingerprint density at radius 1 is 1.06 bits per heavy atom. The molecule has 2 aromatic rings. The van der Waals surface area contributed by atoms with E-state index in [1.54, 1.807) is 0 Å². The summed E-state index contributed by atoms with van der Waals surface area (Å²) >= 11 is 0. The maximum absolute atomic E-state index is 5.68. The lowest BCUT2D eigenvalue weighted by Crippen LogP contribution is -1.94. The standard InChI is InChI=1S/C15H16N2/c1-10-14(7-8-15(16)17-10)13-6-5-11-3-2-4-12(11)9-13/h5-9H,2-4H2,1H3,(H2,16,17). The fourth-order valence-electron chi connectivity index (χ4n) is 2.62. The van der Waals surface area contributed by atoms with Crippen molar-refractivity contribution in [2.45, 2.75) is 26.2 Å². The highest BCUT2D eigenvalue weighted by Gasteiger charge is 2.12. The third kappa shape index (κ3) is 1.80. The van der Waals surface area contributed by atoms with E-state index in [1.807, 2.05) is 13.0 Å². The van der Waals surface area contributed by atoms with Crippen molar-refractivity contribution >= 4 is 5.82 Å². The van der Waals surface area contributed by atoms with Gasteiger partial charge in [0.1, 0.15) is 5.82 Å². The van der Waals surface area contributed by atoms with Crippen molar-refractivity contribution in [1.82, 2.24) is 4.98 Å². The molecule has 1 aliphatic rings. The molecule has 2 heteroatoms. The molecular weight excluding hydrogens is 208 g/mol. The van der Waals surface area contributed by atoms with Gasteiger partial charge in [0.25, 0.3) is 0 Å². The second kappa shape index (κ2) is 3.88. The number of aryl methyl sites for hydroxylation is 3. The highest BCUT2D eigenvalue weighted by molar-refractivity contribution is 5.68. The van der Waals surface area contributed by atoms with Crippen LogP contribution in [0.15, 0.2) is 30.3 Å². The lowest BCUT2D eigenvalue weighted by molar-refractivity contribution is 0.912. The van der Waals surface area contributed by atoms with Gasteiger partial charge in [-0.25, -0.2) is 4.98 Å². The number of nitrogens with zero attached hydrogens (tertiary/aromatic N) is 1. The summed E-state index contributed by atoms with van der Waals surface area (Å²) in [5, 5.41) is 0. The maximum atomic E-state index is 5.68. The van der Waals surface area contributed by atoms with Crippen LogP contribution in [0.3, 0.4) is 0 Å². The molecule has 0 saturated heterocycles. The van der Waals surface area contributed by atoms with Crippen molar-refractivity contribution in [2.75, 3.05) is 5.73 Å². The Morgan fingerprint density at radius 3 is 2.71 bits per heavy atom. The second-order valence-corrected chi connectivity index (χ2v) is 4.71. The van der Waals surface area contributed by atoms with Crippen molar-refractivity contribution in [2.24, 2.45) is 0 Å². The van der Waals surface area contributed by atoms with E-state index in [9.17, 15) is 0 Å². The summed E-state index contributed by atoms with van der Waals surface area (Å²) in [4.78, 5) is 4.32. The molecule has 17 heavy (non-hydrogen) atoms. The molecule has 0 unspecified atom stereocenters. The van der Waals surface area contributed by atoms with Crippen molar-refractivity contribution in [3.05, 3.63) is 47.2 Å². The minimum atomic E-state index is 0.590. The minimum Gasteiger partial charge on any atom is -0.384 e. The fourth-order valence-corrected chi connectivity index (χ4v) is 2.62. The van der Waals surface area contributed by atoms with E-state index in [4.69, 9.17) is 5.73 Å². The van der Waals surface area contributed by atoms with Gasteiger partial charge in [0, 0.05) is 11.3 Å². The molecule has 0 radical (unpaired) electrons. The van der Waals surface area contributed by atoms with Crippen LogP contribution < -0.4 is 5.73 Å². The summed E-state index contributed by atoms with van der Waals surface area (Å²) in [5.41, 5.74) is 12.1. The predicted octanol–water partition coefficient (Wildman–Crippen LogP) is 3.13.